The normalized spacial score (nSPS) is 15.1. The van der Waals surface area contributed by atoms with E-state index in [0.717, 1.165) is 57.7 Å². The molecule has 1 fully saturated rings. The molecule has 3 aromatic rings. The van der Waals surface area contributed by atoms with E-state index in [2.05, 4.69) is 42.6 Å². The van der Waals surface area contributed by atoms with Gasteiger partial charge in [0.05, 0.1) is 12.0 Å². The Balaban J connectivity index is 0.00000320. The van der Waals surface area contributed by atoms with E-state index >= 15 is 0 Å². The molecule has 36 heavy (non-hydrogen) atoms. The number of amides is 1. The third-order valence-corrected chi connectivity index (χ3v) is 7.09. The van der Waals surface area contributed by atoms with Crippen LogP contribution in [0.5, 0.6) is 11.5 Å². The Kier molecular flexibility index (Phi) is 6.54. The average Bonchev–Trinajstić information content (AvgIpc) is 3.54. The van der Waals surface area contributed by atoms with Crippen LogP contribution in [0.25, 0.3) is 11.1 Å². The predicted octanol–water partition coefficient (Wildman–Crippen LogP) is 4.66. The molecule has 1 amide bonds. The molecule has 1 saturated carbocycles. The van der Waals surface area contributed by atoms with Gasteiger partial charge >= 0.3 is 0 Å². The van der Waals surface area contributed by atoms with E-state index in [0.29, 0.717) is 19.5 Å². The fourth-order valence-electron chi connectivity index (χ4n) is 4.84. The number of benzene rings is 3. The van der Waals surface area contributed by atoms with Gasteiger partial charge in [0.25, 0.3) is 0 Å². The molecule has 1 aliphatic carbocycles. The number of fused-ring (bicyclic) bond motifs is 1. The average molecular weight is 487 g/mol. The number of Topliss-reactive ketones (excluding diaryl/α,β-unsaturated/α-hetero) is 1. The Morgan fingerprint density at radius 2 is 1.67 bits per heavy atom. The van der Waals surface area contributed by atoms with E-state index in [9.17, 15) is 9.59 Å². The fraction of sp³-hybridized carbons (Fsp3) is 0.333. The van der Waals surface area contributed by atoms with Crippen LogP contribution < -0.4 is 14.8 Å². The molecule has 0 aromatic heterocycles. The first-order chi connectivity index (χ1) is 17.3. The van der Waals surface area contributed by atoms with E-state index in [-0.39, 0.29) is 19.9 Å². The molecule has 1 aliphatic heterocycles. The van der Waals surface area contributed by atoms with Gasteiger partial charge in [0.2, 0.25) is 12.7 Å². The molecule has 0 saturated heterocycles. The summed E-state index contributed by atoms with van der Waals surface area (Å²) in [6, 6.07) is 20.4. The number of ketones is 1. The van der Waals surface area contributed by atoms with E-state index in [4.69, 9.17) is 9.47 Å². The van der Waals surface area contributed by atoms with Gasteiger partial charge < -0.3 is 19.7 Å². The molecule has 3 aromatic carbocycles. The van der Waals surface area contributed by atoms with Crippen LogP contribution in [0.3, 0.4) is 0 Å². The number of ether oxygens (including phenoxy) is 2. The van der Waals surface area contributed by atoms with E-state index in [1.165, 1.54) is 0 Å². The van der Waals surface area contributed by atoms with Gasteiger partial charge in [-0.15, -0.1) is 0 Å². The van der Waals surface area contributed by atoms with Crippen molar-refractivity contribution >= 4 is 11.7 Å². The van der Waals surface area contributed by atoms with Gasteiger partial charge in [-0.3, -0.25) is 9.59 Å². The maximum atomic E-state index is 13.5. The molecule has 0 unspecified atom stereocenters. The summed E-state index contributed by atoms with van der Waals surface area (Å²) < 4.78 is 11.0. The Morgan fingerprint density at radius 3 is 2.39 bits per heavy atom. The van der Waals surface area contributed by atoms with Crippen molar-refractivity contribution < 1.29 is 20.5 Å². The van der Waals surface area contributed by atoms with Gasteiger partial charge in [-0.05, 0) is 79.4 Å². The maximum absolute atomic E-state index is 13.5. The van der Waals surface area contributed by atoms with Crippen LogP contribution in [-0.4, -0.2) is 44.0 Å². The summed E-state index contributed by atoms with van der Waals surface area (Å²) in [6.45, 7) is 3.20. The van der Waals surface area contributed by atoms with Crippen molar-refractivity contribution in [3.8, 4) is 22.6 Å². The van der Waals surface area contributed by atoms with Crippen LogP contribution in [0.2, 0.25) is 0 Å². The van der Waals surface area contributed by atoms with Crippen LogP contribution in [-0.2, 0) is 28.0 Å². The smallest absolute Gasteiger partial charge is 0.234 e. The molecule has 0 radical (unpaired) electrons. The van der Waals surface area contributed by atoms with Gasteiger partial charge in [-0.2, -0.15) is 0 Å². The minimum atomic E-state index is -0.412. The number of nitrogens with zero attached hydrogens (tertiary/aromatic N) is 1. The van der Waals surface area contributed by atoms with Crippen LogP contribution in [0.15, 0.2) is 60.7 Å². The lowest BCUT2D eigenvalue weighted by Crippen LogP contribution is -2.32. The third-order valence-electron chi connectivity index (χ3n) is 7.09. The Bertz CT molecular complexity index is 1300. The third kappa shape index (κ3) is 5.00. The molecule has 5 rings (SSSR count). The van der Waals surface area contributed by atoms with Gasteiger partial charge in [-0.1, -0.05) is 48.5 Å². The second-order valence-corrected chi connectivity index (χ2v) is 10.1. The van der Waals surface area contributed by atoms with Gasteiger partial charge in [0, 0.05) is 14.4 Å². The van der Waals surface area contributed by atoms with Crippen molar-refractivity contribution in [3.63, 3.8) is 0 Å². The summed E-state index contributed by atoms with van der Waals surface area (Å²) in [5, 5.41) is 2.95. The number of carbonyl (C=O) groups excluding carboxylic acids is 2. The van der Waals surface area contributed by atoms with Crippen LogP contribution in [0.4, 0.5) is 0 Å². The van der Waals surface area contributed by atoms with Crippen LogP contribution >= 0.6 is 0 Å². The van der Waals surface area contributed by atoms with Crippen molar-refractivity contribution in [1.82, 2.24) is 10.2 Å². The zero-order chi connectivity index (χ0) is 25.3. The quantitative estimate of drug-likeness (QED) is 0.477. The molecule has 1 heterocycles. The largest absolute Gasteiger partial charge is 0.454 e. The number of nitrogens with one attached hydrogen (secondary N) is 1. The second-order valence-electron chi connectivity index (χ2n) is 10.1. The highest BCUT2D eigenvalue weighted by molar-refractivity contribution is 5.95. The maximum Gasteiger partial charge on any atom is 0.234 e. The summed E-state index contributed by atoms with van der Waals surface area (Å²) in [6.07, 6.45) is 2.14. The number of hydrogen-bond acceptors (Lipinski definition) is 5. The predicted molar refractivity (Wildman–Crippen MR) is 141 cm³/mol. The minimum Gasteiger partial charge on any atom is -0.454 e. The highest BCUT2D eigenvalue weighted by Gasteiger charge is 2.50. The van der Waals surface area contributed by atoms with Crippen molar-refractivity contribution in [1.29, 1.82) is 0 Å². The molecule has 6 heteroatoms. The van der Waals surface area contributed by atoms with Crippen molar-refractivity contribution in [2.45, 2.75) is 38.1 Å². The molecule has 188 valence electrons. The van der Waals surface area contributed by atoms with Crippen LogP contribution in [0, 0.1) is 6.92 Å². The molecular formula is C30H34N2O4. The lowest BCUT2D eigenvalue weighted by atomic mass is 9.87. The standard InChI is InChI=1S/C30H32N2O4.H2/c1-20-4-5-22(14-25(20)23-8-6-21(7-9-23)17-31-29(34)18-32(2)3)15-28(33)30(12-13-30)24-10-11-26-27(16-24)36-19-35-26;/h4-11,14,16H,12-13,15,17-19H2,1-3H3,(H,31,34);1H. The topological polar surface area (TPSA) is 67.9 Å². The molecule has 1 N–H and O–H groups in total. The number of carbonyl (C=O) groups is 2. The highest BCUT2D eigenvalue weighted by Crippen LogP contribution is 2.51. The fourth-order valence-corrected chi connectivity index (χ4v) is 4.84. The van der Waals surface area contributed by atoms with E-state index in [1.54, 1.807) is 0 Å². The highest BCUT2D eigenvalue weighted by atomic mass is 16.7. The SMILES string of the molecule is Cc1ccc(CC(=O)C2(c3ccc4c(c3)OCO4)CC2)cc1-c1ccc(CNC(=O)CN(C)C)cc1.[HH]. The molecule has 2 aliphatic rings. The lowest BCUT2D eigenvalue weighted by Gasteiger charge is -2.16. The van der Waals surface area contributed by atoms with E-state index in [1.807, 2.05) is 49.3 Å². The number of hydrogen-bond donors (Lipinski definition) is 1. The first-order valence-electron chi connectivity index (χ1n) is 12.4. The summed E-state index contributed by atoms with van der Waals surface area (Å²) in [4.78, 5) is 27.2. The monoisotopic (exact) mass is 486 g/mol. The molecule has 0 spiro atoms. The van der Waals surface area contributed by atoms with Crippen molar-refractivity contribution in [2.24, 2.45) is 0 Å². The minimum absolute atomic E-state index is 0. The second kappa shape index (κ2) is 9.78. The number of likely N-dealkylation sites (N-methyl/N-ethyl adjacent to an activating group) is 1. The van der Waals surface area contributed by atoms with Crippen molar-refractivity contribution in [3.05, 3.63) is 82.9 Å². The van der Waals surface area contributed by atoms with Crippen molar-refractivity contribution in [2.75, 3.05) is 27.4 Å². The first-order valence-corrected chi connectivity index (χ1v) is 12.4. The van der Waals surface area contributed by atoms with Gasteiger partial charge in [-0.25, -0.2) is 0 Å². The Labute approximate surface area is 213 Å². The molecular weight excluding hydrogens is 452 g/mol. The number of rotatable bonds is 9. The summed E-state index contributed by atoms with van der Waals surface area (Å²) in [5.41, 5.74) is 6.07. The van der Waals surface area contributed by atoms with E-state index < -0.39 is 5.41 Å². The number of aryl methyl sites for hydroxylation is 1. The molecule has 0 atom stereocenters. The first kappa shape index (κ1) is 24.1. The summed E-state index contributed by atoms with van der Waals surface area (Å²) in [5.74, 6) is 1.73. The molecule has 6 nitrogen and oxygen atoms in total. The summed E-state index contributed by atoms with van der Waals surface area (Å²) in [7, 11) is 3.75. The van der Waals surface area contributed by atoms with Gasteiger partial charge in [0.15, 0.2) is 11.5 Å². The van der Waals surface area contributed by atoms with Crippen LogP contribution in [0.1, 0.15) is 36.5 Å². The lowest BCUT2D eigenvalue weighted by molar-refractivity contribution is -0.122. The Morgan fingerprint density at radius 1 is 0.944 bits per heavy atom. The zero-order valence-electron chi connectivity index (χ0n) is 21.1. The van der Waals surface area contributed by atoms with Gasteiger partial charge in [0.1, 0.15) is 5.78 Å². The molecule has 0 bridgehead atoms. The Hall–Kier alpha value is -3.64. The zero-order valence-corrected chi connectivity index (χ0v) is 21.1. The summed E-state index contributed by atoms with van der Waals surface area (Å²) >= 11 is 0.